The highest BCUT2D eigenvalue weighted by Crippen LogP contribution is 2.55. The number of aliphatic hydroxyl groups excluding tert-OH is 1. The monoisotopic (exact) mass is 1780 g/mol. The first-order chi connectivity index (χ1) is 60.7. The van der Waals surface area contributed by atoms with Crippen molar-refractivity contribution < 1.29 is 119 Å². The summed E-state index contributed by atoms with van der Waals surface area (Å²) in [6.07, 6.45) is 12.9. The van der Waals surface area contributed by atoms with E-state index in [1.165, 1.54) is 0 Å². The zero-order chi connectivity index (χ0) is 88.3. The second-order valence-electron chi connectivity index (χ2n) is 34.7. The summed E-state index contributed by atoms with van der Waals surface area (Å²) in [6, 6.07) is -2.19. The molecule has 9 N–H and O–H groups in total. The number of nitrogens with two attached hydrogens (primary N) is 1. The van der Waals surface area contributed by atoms with Gasteiger partial charge in [0.25, 0.3) is 0 Å². The Morgan fingerprint density at radius 3 is 1.90 bits per heavy atom. The molecule has 12 heterocycles. The molecule has 37 heteroatoms. The maximum absolute atomic E-state index is 14.6. The molecule has 10 aliphatic rings. The molecule has 0 aliphatic carbocycles. The summed E-state index contributed by atoms with van der Waals surface area (Å²) in [4.78, 5) is 88.3. The molecule has 2 unspecified atom stereocenters. The number of Topliss-reactive ketones (excluding diaryl/α,β-unsaturated/α-hetero) is 1. The summed E-state index contributed by atoms with van der Waals surface area (Å²) in [7, 11) is 1.57. The minimum Gasteiger partial charge on any atom is -0.391 e. The Bertz CT molecular complexity index is 3680. The van der Waals surface area contributed by atoms with E-state index in [-0.39, 0.29) is 112 Å². The Morgan fingerprint density at radius 1 is 0.632 bits per heavy atom. The summed E-state index contributed by atoms with van der Waals surface area (Å²) in [5.41, 5.74) is 9.36. The van der Waals surface area contributed by atoms with Crippen molar-refractivity contribution in [1.29, 1.82) is 0 Å². The van der Waals surface area contributed by atoms with Crippen LogP contribution in [0.4, 0.5) is 0 Å². The molecule has 10 saturated heterocycles. The maximum Gasteiger partial charge on any atom is 0.246 e. The second kappa shape index (κ2) is 52.8. The van der Waals surface area contributed by atoms with E-state index in [1.807, 2.05) is 6.20 Å². The highest BCUT2D eigenvalue weighted by Gasteiger charge is 2.69. The van der Waals surface area contributed by atoms with Crippen molar-refractivity contribution in [1.82, 2.24) is 51.5 Å². The maximum atomic E-state index is 14.6. The van der Waals surface area contributed by atoms with Crippen molar-refractivity contribution in [3.05, 3.63) is 47.7 Å². The summed E-state index contributed by atoms with van der Waals surface area (Å²) < 4.78 is 114. The van der Waals surface area contributed by atoms with E-state index in [9.17, 15) is 33.9 Å². The Morgan fingerprint density at radius 2 is 1.25 bits per heavy atom. The number of nitrogens with one attached hydrogen (secondary N) is 6. The third kappa shape index (κ3) is 31.7. The zero-order valence-corrected chi connectivity index (χ0v) is 74.6. The van der Waals surface area contributed by atoms with Crippen LogP contribution in [-0.2, 0) is 121 Å². The number of hydrogen-bond acceptors (Lipinski definition) is 30. The van der Waals surface area contributed by atoms with Crippen LogP contribution in [-0.4, -0.2) is 333 Å². The molecule has 2 aromatic rings. The minimum atomic E-state index is -1.14. The van der Waals surface area contributed by atoms with Gasteiger partial charge in [-0.1, -0.05) is 39.1 Å². The van der Waals surface area contributed by atoms with Gasteiger partial charge in [0.05, 0.1) is 99.6 Å². The summed E-state index contributed by atoms with van der Waals surface area (Å²) in [5.74, 6) is -4.61. The molecular formula is C88H141N11O25S. The number of methoxy groups -OCH3 is 1. The van der Waals surface area contributed by atoms with Gasteiger partial charge in [0, 0.05) is 175 Å². The summed E-state index contributed by atoms with van der Waals surface area (Å²) in [5, 5.41) is 33.4. The molecule has 36 nitrogen and oxygen atoms in total. The Kier molecular flexibility index (Phi) is 42.2. The third-order valence-corrected chi connectivity index (χ3v) is 24.8. The van der Waals surface area contributed by atoms with Crippen LogP contribution in [0.2, 0.25) is 0 Å². The number of nitrogens with zero attached hydrogens (tertiary/aromatic N) is 4. The summed E-state index contributed by atoms with van der Waals surface area (Å²) >= 11 is 4.99. The van der Waals surface area contributed by atoms with Crippen LogP contribution < -0.4 is 32.3 Å². The fraction of sp³-hybridized carbons (Fsp3) is 0.818. The largest absolute Gasteiger partial charge is 0.391 e. The van der Waals surface area contributed by atoms with Gasteiger partial charge in [-0.05, 0) is 151 Å². The lowest BCUT2D eigenvalue weighted by molar-refractivity contribution is -0.292. The molecule has 0 aromatic carbocycles. The van der Waals surface area contributed by atoms with Crippen molar-refractivity contribution in [2.75, 3.05) is 152 Å². The lowest BCUT2D eigenvalue weighted by Gasteiger charge is -2.47. The first kappa shape index (κ1) is 99.7. The fourth-order valence-corrected chi connectivity index (χ4v) is 18.1. The van der Waals surface area contributed by atoms with E-state index in [1.54, 1.807) is 38.0 Å². The predicted molar refractivity (Wildman–Crippen MR) is 456 cm³/mol. The molecule has 0 radical (unpaired) electrons. The number of aromatic amines is 1. The van der Waals surface area contributed by atoms with Crippen molar-refractivity contribution in [2.45, 2.75) is 291 Å². The van der Waals surface area contributed by atoms with Crippen LogP contribution in [0.3, 0.4) is 0 Å². The number of hydrogen-bond donors (Lipinski definition) is 8. The van der Waals surface area contributed by atoms with E-state index in [4.69, 9.17) is 103 Å². The number of rotatable bonds is 55. The van der Waals surface area contributed by atoms with Gasteiger partial charge in [-0.2, -0.15) is 0 Å². The number of H-pyrrole nitrogens is 1. The SMILES string of the molecule is C=C1C[C@@H]2CC[C@@]34CC5O[C@H]6[C@@H](O3)[C@H]3O[C@H](CC[C@@H]3O[C@H]6[C@H]5O4)CC(=O)C[C@@H]3[C@@H](OC)[C@@H](C[C@H](O)CNC(=O)CNC(=O)[C@H](CCCCN)NC(=O)[C@@H](NC(=O)COCC(=O)NCCOCCCOCCCOCCCOCCCOCCCOCCCOCCCOCCn4cc(-c5cnc(=S)[nH]c5)nn4)C(C)C)O[C@H]3C[C@H]3O[C@@H](CCC1O2)C[C@@H](C)C3=C. The van der Waals surface area contributed by atoms with Crippen LogP contribution in [0.5, 0.6) is 0 Å². The number of carbonyl (C=O) groups is 6. The van der Waals surface area contributed by atoms with Gasteiger partial charge in [-0.25, -0.2) is 9.67 Å². The van der Waals surface area contributed by atoms with E-state index >= 15 is 0 Å². The molecule has 10 fully saturated rings. The van der Waals surface area contributed by atoms with Gasteiger partial charge in [-0.3, -0.25) is 28.8 Å². The fourth-order valence-electron chi connectivity index (χ4n) is 18.0. The average Bonchev–Trinajstić information content (AvgIpc) is 1.55. The van der Waals surface area contributed by atoms with Crippen LogP contribution in [0, 0.1) is 22.5 Å². The molecule has 1 spiro atoms. The van der Waals surface area contributed by atoms with Crippen molar-refractivity contribution in [2.24, 2.45) is 23.5 Å². The molecule has 125 heavy (non-hydrogen) atoms. The van der Waals surface area contributed by atoms with E-state index in [0.717, 1.165) is 93.0 Å². The second-order valence-corrected chi connectivity index (χ2v) is 35.1. The van der Waals surface area contributed by atoms with Gasteiger partial charge < -0.3 is 128 Å². The van der Waals surface area contributed by atoms with Gasteiger partial charge in [-0.15, -0.1) is 5.10 Å². The molecule has 12 rings (SSSR count). The lowest BCUT2D eigenvalue weighted by atomic mass is 9.81. The first-order valence-corrected chi connectivity index (χ1v) is 46.3. The highest BCUT2D eigenvalue weighted by atomic mass is 32.1. The molecular weight excluding hydrogens is 1640 g/mol. The van der Waals surface area contributed by atoms with Gasteiger partial charge >= 0.3 is 0 Å². The normalized spacial score (nSPS) is 29.0. The number of ether oxygens (including phenoxy) is 18. The number of aromatic nitrogens is 5. The van der Waals surface area contributed by atoms with E-state index in [2.05, 4.69) is 66.9 Å². The molecule has 12 bridgehead atoms. The Hall–Kier alpha value is -5.86. The molecule has 10 aliphatic heterocycles. The number of amides is 5. The van der Waals surface area contributed by atoms with E-state index in [0.29, 0.717) is 168 Å². The van der Waals surface area contributed by atoms with Crippen molar-refractivity contribution >= 4 is 47.5 Å². The number of ketones is 1. The Labute approximate surface area is 739 Å². The Balaban J connectivity index is 0.493. The van der Waals surface area contributed by atoms with Crippen LogP contribution in [0.1, 0.15) is 168 Å². The van der Waals surface area contributed by atoms with Crippen LogP contribution in [0.15, 0.2) is 42.9 Å². The highest BCUT2D eigenvalue weighted by molar-refractivity contribution is 7.71. The lowest BCUT2D eigenvalue weighted by Crippen LogP contribution is -2.61. The first-order valence-electron chi connectivity index (χ1n) is 45.9. The van der Waals surface area contributed by atoms with Crippen molar-refractivity contribution in [3.8, 4) is 11.3 Å². The zero-order valence-electron chi connectivity index (χ0n) is 73.8. The van der Waals surface area contributed by atoms with Gasteiger partial charge in [0.2, 0.25) is 29.5 Å². The molecule has 0 saturated carbocycles. The molecule has 5 amide bonds. The quantitative estimate of drug-likeness (QED) is 0.0249. The average molecular weight is 1790 g/mol. The molecule has 21 atom stereocenters. The van der Waals surface area contributed by atoms with Crippen LogP contribution in [0.25, 0.3) is 11.3 Å². The van der Waals surface area contributed by atoms with Gasteiger partial charge in [0.1, 0.15) is 67.3 Å². The predicted octanol–water partition coefficient (Wildman–Crippen LogP) is 4.87. The number of aliphatic hydroxyl groups is 1. The van der Waals surface area contributed by atoms with Crippen LogP contribution >= 0.6 is 12.2 Å². The smallest absolute Gasteiger partial charge is 0.246 e. The minimum absolute atomic E-state index is 0.0168. The topological polar surface area (TPSA) is 434 Å². The van der Waals surface area contributed by atoms with Gasteiger partial charge in [0.15, 0.2) is 10.6 Å². The molecule has 704 valence electrons. The standard InChI is InChI=1S/C88H141N11O25S/c1-56(2)78(96-77(104)55-116-54-76(103)90-24-40-114-38-14-36-112-34-12-32-110-30-10-28-108-26-9-27-109-29-11-31-111-33-13-35-113-37-15-39-115-41-25-99-53-68(97-98-99)60-49-93-87(125)94-50-60)86(106)95-67(16-7-8-23-89)85(105)92-52-75(102)91-51-62(101)46-73-79(107-6)66-45-61(100)44-64-18-20-70-80(119-64)84-83-82(121-70)81-74(122-83)48-88(123-81,124-84)22-21-65-43-58(4)69(117-65)19-17-63-42-57(3)59(5)71(118-63)47-72(66)120-73/h49-50,53,56-57,62-67,69-74,78-84,101H,4-5,7-48,51-52,54-55,89H2,1-3,6H3,(H,90,103)(H,91,102)(H,92,105)(H,95,106)(H,96,104)(H,93,94,125)/t57-,62+,63+,64-,65+,66+,67+,69?,70+,71-,72+,73-,74?,78+,79-,80+,81+,82+,83-,84+,88+/m1/s1. The third-order valence-electron chi connectivity index (χ3n) is 24.6. The summed E-state index contributed by atoms with van der Waals surface area (Å²) in [6.45, 7) is 23.4. The molecule has 2 aromatic heterocycles. The number of unbranched alkanes of at least 4 members (excludes halogenated alkanes) is 1. The van der Waals surface area contributed by atoms with Crippen molar-refractivity contribution in [3.63, 3.8) is 0 Å². The van der Waals surface area contributed by atoms with E-state index < -0.39 is 122 Å². The number of fused-ring (bicyclic) bond motifs is 6. The number of carbonyl (C=O) groups excluding carboxylic acids is 6.